The summed E-state index contributed by atoms with van der Waals surface area (Å²) in [5.74, 6) is -3.90. The Hall–Kier alpha value is -3.49. The number of halogens is 5. The first-order valence-corrected chi connectivity index (χ1v) is 10.8. The third kappa shape index (κ3) is 4.24. The van der Waals surface area contributed by atoms with Crippen molar-refractivity contribution < 1.29 is 32.6 Å². The largest absolute Gasteiger partial charge is 0.478 e. The van der Waals surface area contributed by atoms with Crippen molar-refractivity contribution in [1.29, 1.82) is 0 Å². The Balaban J connectivity index is 1.81. The zero-order chi connectivity index (χ0) is 25.5. The van der Waals surface area contributed by atoms with Crippen molar-refractivity contribution >= 4 is 28.3 Å². The number of nitrogens with zero attached hydrogens (tertiary/aromatic N) is 1. The summed E-state index contributed by atoms with van der Waals surface area (Å²) in [5, 5.41) is 20.8. The Kier molecular flexibility index (Phi) is 6.29. The topological polar surface area (TPSA) is 70.4 Å². The van der Waals surface area contributed by atoms with Gasteiger partial charge in [-0.1, -0.05) is 54.9 Å². The predicted octanol–water partition coefficient (Wildman–Crippen LogP) is 6.95. The van der Waals surface area contributed by atoms with Crippen LogP contribution in [-0.4, -0.2) is 27.3 Å². The highest BCUT2D eigenvalue weighted by Gasteiger charge is 2.59. The highest BCUT2D eigenvalue weighted by atomic mass is 35.5. The second-order valence-electron chi connectivity index (χ2n) is 8.12. The number of benzene rings is 3. The minimum atomic E-state index is -5.05. The van der Waals surface area contributed by atoms with E-state index in [1.54, 1.807) is 6.07 Å². The van der Waals surface area contributed by atoms with Crippen molar-refractivity contribution in [3.8, 4) is 11.1 Å². The number of aliphatic hydroxyl groups is 1. The van der Waals surface area contributed by atoms with Gasteiger partial charge in [0.05, 0.1) is 5.56 Å². The highest BCUT2D eigenvalue weighted by Crippen LogP contribution is 2.51. The Morgan fingerprint density at radius 1 is 1.03 bits per heavy atom. The lowest BCUT2D eigenvalue weighted by Gasteiger charge is -2.37. The zero-order valence-corrected chi connectivity index (χ0v) is 18.9. The first kappa shape index (κ1) is 24.6. The highest BCUT2D eigenvalue weighted by molar-refractivity contribution is 6.31. The molecule has 0 bridgehead atoms. The van der Waals surface area contributed by atoms with Crippen molar-refractivity contribution in [3.05, 3.63) is 101 Å². The fourth-order valence-electron chi connectivity index (χ4n) is 4.24. The molecular weight excluding hydrogens is 486 g/mol. The molecule has 0 aliphatic rings. The summed E-state index contributed by atoms with van der Waals surface area (Å²) in [5.41, 5.74) is -3.43. The van der Waals surface area contributed by atoms with E-state index in [9.17, 15) is 27.5 Å². The third-order valence-corrected chi connectivity index (χ3v) is 6.48. The molecule has 2 atom stereocenters. The number of hydrogen-bond acceptors (Lipinski definition) is 3. The Labute approximate surface area is 202 Å². The van der Waals surface area contributed by atoms with Gasteiger partial charge in [-0.15, -0.1) is 0 Å². The van der Waals surface area contributed by atoms with Crippen LogP contribution in [0.2, 0.25) is 5.02 Å². The van der Waals surface area contributed by atoms with Crippen LogP contribution in [0.1, 0.15) is 34.3 Å². The molecule has 0 saturated heterocycles. The van der Waals surface area contributed by atoms with Crippen LogP contribution in [0.3, 0.4) is 0 Å². The maximum Gasteiger partial charge on any atom is 0.422 e. The predicted molar refractivity (Wildman–Crippen MR) is 124 cm³/mol. The molecule has 3 aromatic carbocycles. The molecule has 4 aromatic rings. The monoisotopic (exact) mass is 503 g/mol. The maximum absolute atomic E-state index is 14.5. The summed E-state index contributed by atoms with van der Waals surface area (Å²) < 4.78 is 57.6. The van der Waals surface area contributed by atoms with Crippen LogP contribution < -0.4 is 0 Å². The number of aromatic nitrogens is 1. The molecule has 1 heterocycles. The van der Waals surface area contributed by atoms with Crippen LogP contribution >= 0.6 is 11.6 Å². The number of alkyl halides is 3. The van der Waals surface area contributed by atoms with Crippen LogP contribution in [0, 0.1) is 5.82 Å². The number of fused-ring (bicyclic) bond motifs is 1. The Morgan fingerprint density at radius 2 is 1.71 bits per heavy atom. The molecule has 4 rings (SSSR count). The number of rotatable bonds is 5. The van der Waals surface area contributed by atoms with Crippen LogP contribution in [0.4, 0.5) is 17.6 Å². The van der Waals surface area contributed by atoms with Gasteiger partial charge in [0.1, 0.15) is 5.82 Å². The van der Waals surface area contributed by atoms with Gasteiger partial charge in [0.2, 0.25) is 0 Å². The second-order valence-corrected chi connectivity index (χ2v) is 8.53. The van der Waals surface area contributed by atoms with E-state index in [1.165, 1.54) is 61.8 Å². The van der Waals surface area contributed by atoms with Crippen molar-refractivity contribution in [2.24, 2.45) is 0 Å². The molecule has 0 spiro atoms. The van der Waals surface area contributed by atoms with Crippen molar-refractivity contribution in [3.63, 3.8) is 0 Å². The third-order valence-electron chi connectivity index (χ3n) is 6.15. The SMILES string of the molecule is CC(c1ccc(-c2ccc(C(=O)O)c(F)c2)cc1Cl)C(O)(c1cccc2cnccc12)C(F)(F)F. The average Bonchev–Trinajstić information content (AvgIpc) is 2.81. The molecule has 35 heavy (non-hydrogen) atoms. The lowest BCUT2D eigenvalue weighted by molar-refractivity contribution is -0.274. The number of carbonyl (C=O) groups is 1. The van der Waals surface area contributed by atoms with Gasteiger partial charge < -0.3 is 10.2 Å². The van der Waals surface area contributed by atoms with Gasteiger partial charge in [-0.2, -0.15) is 13.2 Å². The number of carboxylic acid groups (broad SMARTS) is 1. The molecule has 2 N–H and O–H groups in total. The van der Waals surface area contributed by atoms with Gasteiger partial charge in [-0.25, -0.2) is 9.18 Å². The van der Waals surface area contributed by atoms with E-state index in [0.29, 0.717) is 16.5 Å². The summed E-state index contributed by atoms with van der Waals surface area (Å²) >= 11 is 6.38. The average molecular weight is 504 g/mol. The first-order chi connectivity index (χ1) is 16.4. The smallest absolute Gasteiger partial charge is 0.422 e. The fraction of sp³-hybridized carbons (Fsp3) is 0.154. The summed E-state index contributed by atoms with van der Waals surface area (Å²) in [7, 11) is 0. The van der Waals surface area contributed by atoms with Crippen molar-refractivity contribution in [2.45, 2.75) is 24.6 Å². The van der Waals surface area contributed by atoms with E-state index in [2.05, 4.69) is 4.98 Å². The minimum absolute atomic E-state index is 0.0314. The summed E-state index contributed by atoms with van der Waals surface area (Å²) in [6.45, 7) is 1.23. The molecular formula is C26H18ClF4NO3. The summed E-state index contributed by atoms with van der Waals surface area (Å²) in [6.07, 6.45) is -2.29. The number of pyridine rings is 1. The number of hydrogen-bond donors (Lipinski definition) is 2. The molecule has 9 heteroatoms. The Morgan fingerprint density at radius 3 is 2.34 bits per heavy atom. The van der Waals surface area contributed by atoms with Gasteiger partial charge >= 0.3 is 12.1 Å². The van der Waals surface area contributed by atoms with Gasteiger partial charge in [0.15, 0.2) is 5.60 Å². The molecule has 1 aromatic heterocycles. The van der Waals surface area contributed by atoms with Crippen molar-refractivity contribution in [2.75, 3.05) is 0 Å². The van der Waals surface area contributed by atoms with Crippen molar-refractivity contribution in [1.82, 2.24) is 4.98 Å². The number of aromatic carboxylic acids is 1. The molecule has 0 saturated carbocycles. The van der Waals surface area contributed by atoms with Crippen LogP contribution in [0.5, 0.6) is 0 Å². The van der Waals surface area contributed by atoms with Crippen LogP contribution in [0.15, 0.2) is 73.1 Å². The standard InChI is InChI=1S/C26H18ClF4NO3/c1-14(25(35,26(29,30)31)21-4-2-3-17-13-32-10-9-19(17)21)18-7-5-15(11-22(18)27)16-6-8-20(24(33)34)23(28)12-16/h2-14,35H,1H3,(H,33,34). The zero-order valence-electron chi connectivity index (χ0n) is 18.1. The number of carboxylic acids is 1. The van der Waals surface area contributed by atoms with E-state index in [1.807, 2.05) is 0 Å². The van der Waals surface area contributed by atoms with Gasteiger partial charge in [0.25, 0.3) is 0 Å². The van der Waals surface area contributed by atoms with Gasteiger partial charge in [-0.05, 0) is 46.3 Å². The van der Waals surface area contributed by atoms with Crippen LogP contribution in [0.25, 0.3) is 21.9 Å². The van der Waals surface area contributed by atoms with E-state index in [-0.39, 0.29) is 21.5 Å². The second kappa shape index (κ2) is 8.94. The van der Waals surface area contributed by atoms with Gasteiger partial charge in [0, 0.05) is 34.3 Å². The molecule has 0 aliphatic carbocycles. The molecule has 180 valence electrons. The summed E-state index contributed by atoms with van der Waals surface area (Å²) in [6, 6.07) is 13.3. The van der Waals surface area contributed by atoms with Gasteiger partial charge in [-0.3, -0.25) is 4.98 Å². The summed E-state index contributed by atoms with van der Waals surface area (Å²) in [4.78, 5) is 15.0. The quantitative estimate of drug-likeness (QED) is 0.289. The molecule has 0 aliphatic heterocycles. The Bertz CT molecular complexity index is 1430. The molecule has 0 radical (unpaired) electrons. The van der Waals surface area contributed by atoms with E-state index in [4.69, 9.17) is 16.7 Å². The first-order valence-electron chi connectivity index (χ1n) is 10.4. The van der Waals surface area contributed by atoms with E-state index < -0.39 is 35.0 Å². The molecule has 4 nitrogen and oxygen atoms in total. The maximum atomic E-state index is 14.5. The minimum Gasteiger partial charge on any atom is -0.478 e. The lowest BCUT2D eigenvalue weighted by Crippen LogP contribution is -2.46. The van der Waals surface area contributed by atoms with E-state index in [0.717, 1.165) is 12.1 Å². The van der Waals surface area contributed by atoms with E-state index >= 15 is 0 Å². The fourth-order valence-corrected chi connectivity index (χ4v) is 4.58. The normalized spacial score (nSPS) is 14.5. The van der Waals surface area contributed by atoms with Crippen LogP contribution in [-0.2, 0) is 5.60 Å². The molecule has 0 fully saturated rings. The lowest BCUT2D eigenvalue weighted by atomic mass is 9.76. The molecule has 0 amide bonds. The molecule has 2 unspecified atom stereocenters.